The smallest absolute Gasteiger partial charge is 0.234 e. The molecule has 0 fully saturated rings. The van der Waals surface area contributed by atoms with Gasteiger partial charge in [0.2, 0.25) is 5.78 Å². The zero-order valence-corrected chi connectivity index (χ0v) is 8.96. The largest absolute Gasteiger partial charge is 0.288 e. The lowest BCUT2D eigenvalue weighted by molar-refractivity contribution is 1.06. The van der Waals surface area contributed by atoms with Crippen molar-refractivity contribution in [1.82, 2.24) is 14.4 Å². The number of hydrogen-bond acceptors (Lipinski definition) is 2. The fourth-order valence-corrected chi connectivity index (χ4v) is 1.87. The summed E-state index contributed by atoms with van der Waals surface area (Å²) < 4.78 is 2.00. The standard InChI is InChI=1S/C13H11N3/c1-10-12(11-6-3-2-4-7-11)15-13-14-8-5-9-16(10)13/h2-9H,1H3. The second-order valence-corrected chi connectivity index (χ2v) is 3.70. The summed E-state index contributed by atoms with van der Waals surface area (Å²) in [5.74, 6) is 0.749. The molecule has 3 nitrogen and oxygen atoms in total. The maximum atomic E-state index is 4.53. The predicted octanol–water partition coefficient (Wildman–Crippen LogP) is 2.70. The van der Waals surface area contributed by atoms with Crippen molar-refractivity contribution in [3.05, 3.63) is 54.5 Å². The molecule has 1 aromatic carbocycles. The van der Waals surface area contributed by atoms with E-state index in [1.54, 1.807) is 6.20 Å². The monoisotopic (exact) mass is 209 g/mol. The number of fused-ring (bicyclic) bond motifs is 1. The van der Waals surface area contributed by atoms with Gasteiger partial charge in [0, 0.05) is 23.7 Å². The van der Waals surface area contributed by atoms with Crippen molar-refractivity contribution >= 4 is 5.78 Å². The number of rotatable bonds is 1. The van der Waals surface area contributed by atoms with Gasteiger partial charge in [0.15, 0.2) is 0 Å². The van der Waals surface area contributed by atoms with Crippen LogP contribution in [0, 0.1) is 6.92 Å². The van der Waals surface area contributed by atoms with Crippen LogP contribution in [0.1, 0.15) is 5.69 Å². The van der Waals surface area contributed by atoms with Crippen LogP contribution in [-0.4, -0.2) is 14.4 Å². The van der Waals surface area contributed by atoms with E-state index >= 15 is 0 Å². The van der Waals surface area contributed by atoms with Crippen LogP contribution >= 0.6 is 0 Å². The summed E-state index contributed by atoms with van der Waals surface area (Å²) in [6, 6.07) is 12.1. The van der Waals surface area contributed by atoms with E-state index in [1.807, 2.05) is 34.9 Å². The molecule has 16 heavy (non-hydrogen) atoms. The summed E-state index contributed by atoms with van der Waals surface area (Å²) >= 11 is 0. The molecule has 0 aliphatic rings. The van der Waals surface area contributed by atoms with Crippen molar-refractivity contribution in [1.29, 1.82) is 0 Å². The number of benzene rings is 1. The Kier molecular flexibility index (Phi) is 1.96. The Hall–Kier alpha value is -2.16. The van der Waals surface area contributed by atoms with Gasteiger partial charge in [-0.2, -0.15) is 0 Å². The fraction of sp³-hybridized carbons (Fsp3) is 0.0769. The molecule has 3 aromatic rings. The molecule has 3 heteroatoms. The Morgan fingerprint density at radius 3 is 2.62 bits per heavy atom. The summed E-state index contributed by atoms with van der Waals surface area (Å²) in [5.41, 5.74) is 3.25. The zero-order chi connectivity index (χ0) is 11.0. The van der Waals surface area contributed by atoms with Gasteiger partial charge in [-0.3, -0.25) is 4.40 Å². The van der Waals surface area contributed by atoms with Gasteiger partial charge >= 0.3 is 0 Å². The van der Waals surface area contributed by atoms with Gasteiger partial charge in [-0.05, 0) is 13.0 Å². The van der Waals surface area contributed by atoms with Gasteiger partial charge in [-0.1, -0.05) is 30.3 Å². The number of hydrogen-bond donors (Lipinski definition) is 0. The minimum Gasteiger partial charge on any atom is -0.288 e. The molecule has 2 heterocycles. The van der Waals surface area contributed by atoms with Crippen LogP contribution in [0.4, 0.5) is 0 Å². The van der Waals surface area contributed by atoms with Crippen molar-refractivity contribution < 1.29 is 0 Å². The molecule has 78 valence electrons. The van der Waals surface area contributed by atoms with Crippen LogP contribution in [-0.2, 0) is 0 Å². The molecule has 3 rings (SSSR count). The highest BCUT2D eigenvalue weighted by Gasteiger charge is 2.09. The molecule has 0 amide bonds. The Labute approximate surface area is 93.4 Å². The minimum atomic E-state index is 0.749. The van der Waals surface area contributed by atoms with Crippen LogP contribution in [0.25, 0.3) is 17.0 Å². The third kappa shape index (κ3) is 1.29. The van der Waals surface area contributed by atoms with Crippen molar-refractivity contribution in [2.45, 2.75) is 6.92 Å². The van der Waals surface area contributed by atoms with Crippen LogP contribution in [0.15, 0.2) is 48.8 Å². The normalized spacial score (nSPS) is 10.8. The van der Waals surface area contributed by atoms with Crippen LogP contribution in [0.3, 0.4) is 0 Å². The Morgan fingerprint density at radius 1 is 1.06 bits per heavy atom. The second-order valence-electron chi connectivity index (χ2n) is 3.70. The van der Waals surface area contributed by atoms with E-state index in [4.69, 9.17) is 0 Å². The molecule has 0 saturated carbocycles. The number of nitrogens with zero attached hydrogens (tertiary/aromatic N) is 3. The molecular formula is C13H11N3. The molecule has 0 unspecified atom stereocenters. The van der Waals surface area contributed by atoms with E-state index in [1.165, 1.54) is 0 Å². The van der Waals surface area contributed by atoms with E-state index in [2.05, 4.69) is 29.0 Å². The molecular weight excluding hydrogens is 198 g/mol. The maximum absolute atomic E-state index is 4.53. The molecule has 0 N–H and O–H groups in total. The average molecular weight is 209 g/mol. The lowest BCUT2D eigenvalue weighted by Gasteiger charge is -1.97. The van der Waals surface area contributed by atoms with E-state index in [9.17, 15) is 0 Å². The van der Waals surface area contributed by atoms with E-state index in [0.29, 0.717) is 0 Å². The summed E-state index contributed by atoms with van der Waals surface area (Å²) in [6.45, 7) is 2.06. The summed E-state index contributed by atoms with van der Waals surface area (Å²) in [7, 11) is 0. The van der Waals surface area contributed by atoms with Crippen molar-refractivity contribution in [2.75, 3.05) is 0 Å². The first-order valence-corrected chi connectivity index (χ1v) is 5.21. The lowest BCUT2D eigenvalue weighted by Crippen LogP contribution is -1.88. The summed E-state index contributed by atoms with van der Waals surface area (Å²) in [5, 5.41) is 0. The Morgan fingerprint density at radius 2 is 1.88 bits per heavy atom. The predicted molar refractivity (Wildman–Crippen MR) is 63.2 cm³/mol. The van der Waals surface area contributed by atoms with E-state index in [-0.39, 0.29) is 0 Å². The zero-order valence-electron chi connectivity index (χ0n) is 8.96. The van der Waals surface area contributed by atoms with Gasteiger partial charge in [0.1, 0.15) is 0 Å². The number of aromatic nitrogens is 3. The molecule has 2 aromatic heterocycles. The summed E-state index contributed by atoms with van der Waals surface area (Å²) in [6.07, 6.45) is 3.74. The first kappa shape index (κ1) is 9.09. The Bertz CT molecular complexity index is 626. The lowest BCUT2D eigenvalue weighted by atomic mass is 10.1. The van der Waals surface area contributed by atoms with Crippen molar-refractivity contribution in [3.8, 4) is 11.3 Å². The quantitative estimate of drug-likeness (QED) is 0.616. The molecule has 0 aliphatic heterocycles. The maximum Gasteiger partial charge on any atom is 0.234 e. The van der Waals surface area contributed by atoms with Crippen molar-refractivity contribution in [2.24, 2.45) is 0 Å². The van der Waals surface area contributed by atoms with Crippen LogP contribution < -0.4 is 0 Å². The molecule has 0 saturated heterocycles. The number of aryl methyl sites for hydroxylation is 1. The van der Waals surface area contributed by atoms with Gasteiger partial charge in [0.25, 0.3) is 0 Å². The molecule has 0 aliphatic carbocycles. The van der Waals surface area contributed by atoms with Gasteiger partial charge in [-0.15, -0.1) is 0 Å². The summed E-state index contributed by atoms with van der Waals surface area (Å²) in [4.78, 5) is 8.77. The third-order valence-corrected chi connectivity index (χ3v) is 2.69. The van der Waals surface area contributed by atoms with E-state index < -0.39 is 0 Å². The van der Waals surface area contributed by atoms with Gasteiger partial charge in [0.05, 0.1) is 5.69 Å². The van der Waals surface area contributed by atoms with Crippen LogP contribution in [0.5, 0.6) is 0 Å². The van der Waals surface area contributed by atoms with Gasteiger partial charge in [-0.25, -0.2) is 9.97 Å². The average Bonchev–Trinajstić information content (AvgIpc) is 2.69. The highest BCUT2D eigenvalue weighted by Crippen LogP contribution is 2.22. The van der Waals surface area contributed by atoms with E-state index in [0.717, 1.165) is 22.7 Å². The molecule has 0 spiro atoms. The SMILES string of the molecule is Cc1c(-c2ccccc2)nc2ncccn12. The van der Waals surface area contributed by atoms with Crippen LogP contribution in [0.2, 0.25) is 0 Å². The number of imidazole rings is 1. The molecule has 0 atom stereocenters. The van der Waals surface area contributed by atoms with Gasteiger partial charge < -0.3 is 0 Å². The highest BCUT2D eigenvalue weighted by molar-refractivity contribution is 5.64. The first-order chi connectivity index (χ1) is 7.86. The fourth-order valence-electron chi connectivity index (χ4n) is 1.87. The Balaban J connectivity index is 2.29. The molecule has 0 radical (unpaired) electrons. The topological polar surface area (TPSA) is 30.2 Å². The third-order valence-electron chi connectivity index (χ3n) is 2.69. The van der Waals surface area contributed by atoms with Crippen molar-refractivity contribution in [3.63, 3.8) is 0 Å². The molecule has 0 bridgehead atoms. The highest BCUT2D eigenvalue weighted by atomic mass is 15.1. The minimum absolute atomic E-state index is 0.749. The second kappa shape index (κ2) is 3.45. The first-order valence-electron chi connectivity index (χ1n) is 5.21.